The van der Waals surface area contributed by atoms with E-state index in [1.165, 1.54) is 24.2 Å². The first kappa shape index (κ1) is 12.9. The standard InChI is InChI=1S/C14H21N3O/c1-3-5-8-12(4-2)11-18-17-15-13-9-6-7-10-14(13)16-17/h6-7,9-10,12H,3-5,8,11H2,1-2H3. The van der Waals surface area contributed by atoms with E-state index in [9.17, 15) is 0 Å². The number of fused-ring (bicyclic) bond motifs is 1. The van der Waals surface area contributed by atoms with Crippen LogP contribution in [-0.4, -0.2) is 21.8 Å². The number of unbranched alkanes of at least 4 members (excludes halogenated alkanes) is 1. The molecule has 2 aromatic rings. The summed E-state index contributed by atoms with van der Waals surface area (Å²) in [4.78, 5) is 7.00. The van der Waals surface area contributed by atoms with Crippen molar-refractivity contribution >= 4 is 11.0 Å². The van der Waals surface area contributed by atoms with Gasteiger partial charge in [0.2, 0.25) is 0 Å². The highest BCUT2D eigenvalue weighted by Gasteiger charge is 2.08. The van der Waals surface area contributed by atoms with Gasteiger partial charge in [-0.05, 0) is 35.9 Å². The predicted molar refractivity (Wildman–Crippen MR) is 72.3 cm³/mol. The normalized spacial score (nSPS) is 12.8. The minimum Gasteiger partial charge on any atom is -0.381 e. The number of hydrogen-bond acceptors (Lipinski definition) is 3. The van der Waals surface area contributed by atoms with Gasteiger partial charge in [0.05, 0.1) is 0 Å². The topological polar surface area (TPSA) is 39.9 Å². The van der Waals surface area contributed by atoms with E-state index in [2.05, 4.69) is 24.0 Å². The van der Waals surface area contributed by atoms with E-state index in [0.717, 1.165) is 17.5 Å². The average molecular weight is 247 g/mol. The monoisotopic (exact) mass is 247 g/mol. The van der Waals surface area contributed by atoms with Crippen molar-refractivity contribution in [1.82, 2.24) is 15.2 Å². The second kappa shape index (κ2) is 6.38. The highest BCUT2D eigenvalue weighted by molar-refractivity contribution is 5.72. The lowest BCUT2D eigenvalue weighted by atomic mass is 10.0. The Kier molecular flexibility index (Phi) is 4.56. The summed E-state index contributed by atoms with van der Waals surface area (Å²) in [6.07, 6.45) is 4.85. The first-order chi connectivity index (χ1) is 8.83. The number of aromatic nitrogens is 3. The first-order valence-corrected chi connectivity index (χ1v) is 6.78. The Morgan fingerprint density at radius 3 is 2.39 bits per heavy atom. The Balaban J connectivity index is 1.92. The van der Waals surface area contributed by atoms with Crippen LogP contribution in [0.5, 0.6) is 0 Å². The molecule has 98 valence electrons. The van der Waals surface area contributed by atoms with E-state index >= 15 is 0 Å². The maximum Gasteiger partial charge on any atom is 0.121 e. The van der Waals surface area contributed by atoms with Crippen molar-refractivity contribution in [3.05, 3.63) is 24.3 Å². The fourth-order valence-electron chi connectivity index (χ4n) is 1.97. The van der Waals surface area contributed by atoms with Crippen LogP contribution in [-0.2, 0) is 0 Å². The molecule has 4 nitrogen and oxygen atoms in total. The summed E-state index contributed by atoms with van der Waals surface area (Å²) >= 11 is 0. The van der Waals surface area contributed by atoms with Gasteiger partial charge in [-0.1, -0.05) is 38.8 Å². The van der Waals surface area contributed by atoms with Crippen LogP contribution in [0.4, 0.5) is 0 Å². The van der Waals surface area contributed by atoms with Crippen LogP contribution in [0.3, 0.4) is 0 Å². The minimum absolute atomic E-state index is 0.596. The van der Waals surface area contributed by atoms with Gasteiger partial charge < -0.3 is 4.84 Å². The number of hydrogen-bond donors (Lipinski definition) is 0. The van der Waals surface area contributed by atoms with E-state index in [0.29, 0.717) is 12.5 Å². The minimum atomic E-state index is 0.596. The van der Waals surface area contributed by atoms with Crippen LogP contribution >= 0.6 is 0 Å². The lowest BCUT2D eigenvalue weighted by Crippen LogP contribution is -2.21. The largest absolute Gasteiger partial charge is 0.381 e. The van der Waals surface area contributed by atoms with Crippen molar-refractivity contribution in [2.24, 2.45) is 5.92 Å². The molecule has 0 saturated carbocycles. The van der Waals surface area contributed by atoms with E-state index in [1.807, 2.05) is 24.3 Å². The third-order valence-corrected chi connectivity index (χ3v) is 3.24. The quantitative estimate of drug-likeness (QED) is 0.755. The summed E-state index contributed by atoms with van der Waals surface area (Å²) < 4.78 is 0. The van der Waals surface area contributed by atoms with Crippen molar-refractivity contribution in [2.75, 3.05) is 6.61 Å². The predicted octanol–water partition coefficient (Wildman–Crippen LogP) is 3.08. The molecule has 0 fully saturated rings. The van der Waals surface area contributed by atoms with Gasteiger partial charge in [-0.2, -0.15) is 0 Å². The lowest BCUT2D eigenvalue weighted by molar-refractivity contribution is 0.0293. The molecule has 0 saturated heterocycles. The van der Waals surface area contributed by atoms with Crippen LogP contribution in [0.2, 0.25) is 0 Å². The van der Waals surface area contributed by atoms with Gasteiger partial charge >= 0.3 is 0 Å². The van der Waals surface area contributed by atoms with Crippen molar-refractivity contribution in [3.63, 3.8) is 0 Å². The van der Waals surface area contributed by atoms with Gasteiger partial charge in [0.25, 0.3) is 0 Å². The van der Waals surface area contributed by atoms with Crippen molar-refractivity contribution < 1.29 is 4.84 Å². The SMILES string of the molecule is CCCCC(CC)COn1nc2ccccc2n1. The molecule has 0 amide bonds. The van der Waals surface area contributed by atoms with E-state index in [1.54, 1.807) is 0 Å². The van der Waals surface area contributed by atoms with E-state index in [-0.39, 0.29) is 0 Å². The number of nitrogens with zero attached hydrogens (tertiary/aromatic N) is 3. The summed E-state index contributed by atoms with van der Waals surface area (Å²) in [5.74, 6) is 0.596. The fourth-order valence-corrected chi connectivity index (χ4v) is 1.97. The fraction of sp³-hybridized carbons (Fsp3) is 0.571. The molecule has 0 aliphatic rings. The molecular formula is C14H21N3O. The summed E-state index contributed by atoms with van der Waals surface area (Å²) in [5, 5.41) is 8.57. The summed E-state index contributed by atoms with van der Waals surface area (Å²) in [7, 11) is 0. The molecular weight excluding hydrogens is 226 g/mol. The highest BCUT2D eigenvalue weighted by Crippen LogP contribution is 2.12. The van der Waals surface area contributed by atoms with Gasteiger partial charge in [-0.15, -0.1) is 10.2 Å². The Bertz CT molecular complexity index is 448. The Labute approximate surface area is 108 Å². The van der Waals surface area contributed by atoms with Crippen LogP contribution in [0, 0.1) is 5.92 Å². The van der Waals surface area contributed by atoms with Gasteiger partial charge in [0.1, 0.15) is 17.6 Å². The molecule has 0 aliphatic heterocycles. The summed E-state index contributed by atoms with van der Waals surface area (Å²) in [5.41, 5.74) is 1.75. The second-order valence-electron chi connectivity index (χ2n) is 4.65. The summed E-state index contributed by atoms with van der Waals surface area (Å²) in [6.45, 7) is 5.11. The van der Waals surface area contributed by atoms with Gasteiger partial charge in [-0.3, -0.25) is 0 Å². The van der Waals surface area contributed by atoms with Crippen LogP contribution in [0.1, 0.15) is 39.5 Å². The molecule has 0 spiro atoms. The molecule has 1 heterocycles. The maximum atomic E-state index is 5.64. The molecule has 0 bridgehead atoms. The third-order valence-electron chi connectivity index (χ3n) is 3.24. The van der Waals surface area contributed by atoms with Gasteiger partial charge in [-0.25, -0.2) is 0 Å². The highest BCUT2D eigenvalue weighted by atomic mass is 16.7. The molecule has 0 N–H and O–H groups in total. The van der Waals surface area contributed by atoms with Crippen molar-refractivity contribution in [3.8, 4) is 0 Å². The molecule has 4 heteroatoms. The van der Waals surface area contributed by atoms with Crippen LogP contribution < -0.4 is 4.84 Å². The number of rotatable bonds is 7. The molecule has 2 rings (SSSR count). The smallest absolute Gasteiger partial charge is 0.121 e. The molecule has 0 radical (unpaired) electrons. The van der Waals surface area contributed by atoms with Gasteiger partial charge in [0, 0.05) is 0 Å². The zero-order chi connectivity index (χ0) is 12.8. The summed E-state index contributed by atoms with van der Waals surface area (Å²) in [6, 6.07) is 7.79. The second-order valence-corrected chi connectivity index (χ2v) is 4.65. The zero-order valence-electron chi connectivity index (χ0n) is 11.2. The first-order valence-electron chi connectivity index (χ1n) is 6.78. The molecule has 1 unspecified atom stereocenters. The van der Waals surface area contributed by atoms with Crippen molar-refractivity contribution in [1.29, 1.82) is 0 Å². The van der Waals surface area contributed by atoms with Crippen molar-refractivity contribution in [2.45, 2.75) is 39.5 Å². The molecule has 0 aliphatic carbocycles. The number of benzene rings is 1. The van der Waals surface area contributed by atoms with E-state index in [4.69, 9.17) is 4.84 Å². The van der Waals surface area contributed by atoms with Gasteiger partial charge in [0.15, 0.2) is 0 Å². The Hall–Kier alpha value is -1.58. The molecule has 1 aromatic carbocycles. The third kappa shape index (κ3) is 3.22. The zero-order valence-corrected chi connectivity index (χ0v) is 11.2. The van der Waals surface area contributed by atoms with E-state index < -0.39 is 0 Å². The lowest BCUT2D eigenvalue weighted by Gasteiger charge is -2.13. The Morgan fingerprint density at radius 1 is 1.17 bits per heavy atom. The van der Waals surface area contributed by atoms with Crippen LogP contribution in [0.25, 0.3) is 11.0 Å². The maximum absolute atomic E-state index is 5.64. The molecule has 18 heavy (non-hydrogen) atoms. The molecule has 1 atom stereocenters. The molecule has 1 aromatic heterocycles. The Morgan fingerprint density at radius 2 is 1.83 bits per heavy atom. The van der Waals surface area contributed by atoms with Crippen LogP contribution in [0.15, 0.2) is 24.3 Å². The average Bonchev–Trinajstić information content (AvgIpc) is 2.81.